The SMILES string of the molecule is CC(C)NCc1cnc(Oc2ccc(F)c(Br)c2)c(Cl)c1. The molecule has 0 saturated heterocycles. The molecule has 0 atom stereocenters. The molecular formula is C15H15BrClFN2O. The summed E-state index contributed by atoms with van der Waals surface area (Å²) in [6, 6.07) is 6.55. The summed E-state index contributed by atoms with van der Waals surface area (Å²) in [4.78, 5) is 4.20. The molecule has 0 spiro atoms. The highest BCUT2D eigenvalue weighted by Gasteiger charge is 2.08. The number of aromatic nitrogens is 1. The number of halogens is 3. The first kappa shape index (κ1) is 16.2. The maximum absolute atomic E-state index is 13.2. The molecule has 1 aromatic heterocycles. The number of hydrogen-bond donors (Lipinski definition) is 1. The highest BCUT2D eigenvalue weighted by molar-refractivity contribution is 9.10. The Kier molecular flexibility index (Phi) is 5.56. The number of ether oxygens (including phenoxy) is 1. The Morgan fingerprint density at radius 2 is 2.14 bits per heavy atom. The summed E-state index contributed by atoms with van der Waals surface area (Å²) in [5.41, 5.74) is 0.973. The van der Waals surface area contributed by atoms with Crippen molar-refractivity contribution >= 4 is 27.5 Å². The molecule has 0 radical (unpaired) electrons. The molecule has 1 N–H and O–H groups in total. The lowest BCUT2D eigenvalue weighted by Gasteiger charge is -2.10. The van der Waals surface area contributed by atoms with Gasteiger partial charge < -0.3 is 10.1 Å². The van der Waals surface area contributed by atoms with Crippen LogP contribution in [0, 0.1) is 5.82 Å². The van der Waals surface area contributed by atoms with Gasteiger partial charge in [-0.15, -0.1) is 0 Å². The maximum Gasteiger partial charge on any atom is 0.238 e. The molecule has 0 amide bonds. The summed E-state index contributed by atoms with van der Waals surface area (Å²) in [5, 5.41) is 3.70. The summed E-state index contributed by atoms with van der Waals surface area (Å²) in [6.45, 7) is 4.82. The number of pyridine rings is 1. The third-order valence-corrected chi connectivity index (χ3v) is 3.56. The Balaban J connectivity index is 2.11. The fraction of sp³-hybridized carbons (Fsp3) is 0.267. The number of nitrogens with zero attached hydrogens (tertiary/aromatic N) is 1. The zero-order valence-electron chi connectivity index (χ0n) is 11.7. The number of benzene rings is 1. The van der Waals surface area contributed by atoms with Crippen molar-refractivity contribution in [3.05, 3.63) is 51.3 Å². The van der Waals surface area contributed by atoms with Crippen LogP contribution in [0.5, 0.6) is 11.6 Å². The van der Waals surface area contributed by atoms with Crippen molar-refractivity contribution in [1.82, 2.24) is 10.3 Å². The smallest absolute Gasteiger partial charge is 0.238 e. The molecule has 0 unspecified atom stereocenters. The van der Waals surface area contributed by atoms with Crippen LogP contribution in [-0.2, 0) is 6.54 Å². The first-order chi connectivity index (χ1) is 9.95. The molecule has 6 heteroatoms. The van der Waals surface area contributed by atoms with Crippen LogP contribution in [0.3, 0.4) is 0 Å². The van der Waals surface area contributed by atoms with Crippen molar-refractivity contribution in [2.75, 3.05) is 0 Å². The average Bonchev–Trinajstić information content (AvgIpc) is 2.43. The third kappa shape index (κ3) is 4.66. The molecule has 112 valence electrons. The van der Waals surface area contributed by atoms with Gasteiger partial charge in [-0.25, -0.2) is 9.37 Å². The fourth-order valence-corrected chi connectivity index (χ4v) is 2.20. The Labute approximate surface area is 136 Å². The van der Waals surface area contributed by atoms with Crippen LogP contribution in [0.1, 0.15) is 19.4 Å². The second kappa shape index (κ2) is 7.20. The Morgan fingerprint density at radius 1 is 1.38 bits per heavy atom. The van der Waals surface area contributed by atoms with Gasteiger partial charge in [-0.2, -0.15) is 0 Å². The van der Waals surface area contributed by atoms with Crippen LogP contribution in [0.2, 0.25) is 5.02 Å². The lowest BCUT2D eigenvalue weighted by atomic mass is 10.2. The summed E-state index contributed by atoms with van der Waals surface area (Å²) >= 11 is 9.27. The molecule has 2 rings (SSSR count). The highest BCUT2D eigenvalue weighted by atomic mass is 79.9. The normalized spacial score (nSPS) is 11.0. The van der Waals surface area contributed by atoms with Crippen molar-refractivity contribution in [1.29, 1.82) is 0 Å². The van der Waals surface area contributed by atoms with Gasteiger partial charge >= 0.3 is 0 Å². The van der Waals surface area contributed by atoms with E-state index in [4.69, 9.17) is 16.3 Å². The monoisotopic (exact) mass is 372 g/mol. The van der Waals surface area contributed by atoms with Gasteiger partial charge in [-0.3, -0.25) is 0 Å². The standard InChI is InChI=1S/C15H15BrClFN2O/c1-9(2)19-7-10-5-13(17)15(20-8-10)21-11-3-4-14(18)12(16)6-11/h3-6,8-9,19H,7H2,1-2H3. The molecule has 1 aromatic carbocycles. The molecule has 21 heavy (non-hydrogen) atoms. The second-order valence-corrected chi connectivity index (χ2v) is 6.11. The average molecular weight is 374 g/mol. The van der Waals surface area contributed by atoms with E-state index >= 15 is 0 Å². The van der Waals surface area contributed by atoms with Crippen molar-refractivity contribution in [3.63, 3.8) is 0 Å². The minimum Gasteiger partial charge on any atom is -0.437 e. The number of nitrogens with one attached hydrogen (secondary N) is 1. The van der Waals surface area contributed by atoms with Crippen LogP contribution < -0.4 is 10.1 Å². The minimum absolute atomic E-state index is 0.295. The number of hydrogen-bond acceptors (Lipinski definition) is 3. The van der Waals surface area contributed by atoms with Gasteiger partial charge in [0.25, 0.3) is 0 Å². The lowest BCUT2D eigenvalue weighted by Crippen LogP contribution is -2.21. The molecule has 0 fully saturated rings. The van der Waals surface area contributed by atoms with Gasteiger partial charge in [0.05, 0.1) is 4.47 Å². The van der Waals surface area contributed by atoms with E-state index in [2.05, 4.69) is 40.1 Å². The Morgan fingerprint density at radius 3 is 2.76 bits per heavy atom. The molecule has 2 aromatic rings. The van der Waals surface area contributed by atoms with Gasteiger partial charge in [0.2, 0.25) is 5.88 Å². The molecular weight excluding hydrogens is 359 g/mol. The van der Waals surface area contributed by atoms with Crippen LogP contribution in [0.15, 0.2) is 34.9 Å². The molecule has 1 heterocycles. The first-order valence-corrected chi connectivity index (χ1v) is 7.63. The second-order valence-electron chi connectivity index (χ2n) is 4.84. The van der Waals surface area contributed by atoms with Gasteiger partial charge in [0.1, 0.15) is 16.6 Å². The van der Waals surface area contributed by atoms with Crippen LogP contribution in [0.4, 0.5) is 4.39 Å². The van der Waals surface area contributed by atoms with Crippen molar-refractivity contribution in [2.24, 2.45) is 0 Å². The maximum atomic E-state index is 13.2. The van der Waals surface area contributed by atoms with E-state index in [0.717, 1.165) is 5.56 Å². The zero-order chi connectivity index (χ0) is 15.4. The highest BCUT2D eigenvalue weighted by Crippen LogP contribution is 2.30. The largest absolute Gasteiger partial charge is 0.437 e. The molecule has 0 aliphatic heterocycles. The predicted molar refractivity (Wildman–Crippen MR) is 85.4 cm³/mol. The summed E-state index contributed by atoms with van der Waals surface area (Å²) in [5.74, 6) is 0.408. The number of rotatable bonds is 5. The molecule has 3 nitrogen and oxygen atoms in total. The lowest BCUT2D eigenvalue weighted by molar-refractivity contribution is 0.460. The van der Waals surface area contributed by atoms with Gasteiger partial charge in [0, 0.05) is 18.8 Å². The van der Waals surface area contributed by atoms with E-state index < -0.39 is 0 Å². The van der Waals surface area contributed by atoms with Gasteiger partial charge in [-0.05, 0) is 45.8 Å². The molecule has 0 aliphatic carbocycles. The molecule has 0 aliphatic rings. The van der Waals surface area contributed by atoms with E-state index in [1.54, 1.807) is 12.3 Å². The van der Waals surface area contributed by atoms with E-state index in [1.165, 1.54) is 18.2 Å². The van der Waals surface area contributed by atoms with E-state index in [1.807, 2.05) is 0 Å². The van der Waals surface area contributed by atoms with Crippen LogP contribution in [0.25, 0.3) is 0 Å². The van der Waals surface area contributed by atoms with Crippen molar-refractivity contribution in [3.8, 4) is 11.6 Å². The van der Waals surface area contributed by atoms with Crippen molar-refractivity contribution in [2.45, 2.75) is 26.4 Å². The van der Waals surface area contributed by atoms with E-state index in [-0.39, 0.29) is 5.82 Å². The van der Waals surface area contributed by atoms with E-state index in [9.17, 15) is 4.39 Å². The molecule has 0 bridgehead atoms. The van der Waals surface area contributed by atoms with Gasteiger partial charge in [0.15, 0.2) is 0 Å². The van der Waals surface area contributed by atoms with Crippen LogP contribution >= 0.6 is 27.5 Å². The Hall–Kier alpha value is -1.17. The topological polar surface area (TPSA) is 34.2 Å². The summed E-state index contributed by atoms with van der Waals surface area (Å²) in [6.07, 6.45) is 1.70. The van der Waals surface area contributed by atoms with Gasteiger partial charge in [-0.1, -0.05) is 25.4 Å². The summed E-state index contributed by atoms with van der Waals surface area (Å²) < 4.78 is 19.1. The first-order valence-electron chi connectivity index (χ1n) is 6.46. The van der Waals surface area contributed by atoms with Crippen molar-refractivity contribution < 1.29 is 9.13 Å². The van der Waals surface area contributed by atoms with E-state index in [0.29, 0.717) is 33.7 Å². The fourth-order valence-electron chi connectivity index (χ4n) is 1.61. The Bertz CT molecular complexity index is 637. The quantitative estimate of drug-likeness (QED) is 0.807. The predicted octanol–water partition coefficient (Wildman–Crippen LogP) is 4.93. The third-order valence-electron chi connectivity index (χ3n) is 2.68. The summed E-state index contributed by atoms with van der Waals surface area (Å²) in [7, 11) is 0. The minimum atomic E-state index is -0.350. The van der Waals surface area contributed by atoms with Crippen LogP contribution in [-0.4, -0.2) is 11.0 Å². The zero-order valence-corrected chi connectivity index (χ0v) is 14.0. The molecule has 0 saturated carbocycles.